The summed E-state index contributed by atoms with van der Waals surface area (Å²) < 4.78 is 1.15. The van der Waals surface area contributed by atoms with E-state index in [4.69, 9.17) is 5.73 Å². The van der Waals surface area contributed by atoms with Gasteiger partial charge >= 0.3 is 0 Å². The summed E-state index contributed by atoms with van der Waals surface area (Å²) in [5.41, 5.74) is 8.79. The number of nitrogens with one attached hydrogen (secondary N) is 1. The molecule has 0 unspecified atom stereocenters. The molecule has 0 saturated carbocycles. The second kappa shape index (κ2) is 4.94. The number of aromatic nitrogens is 1. The van der Waals surface area contributed by atoms with Crippen molar-refractivity contribution in [2.45, 2.75) is 6.92 Å². The average molecular weight is 283 g/mol. The molecule has 1 amide bonds. The van der Waals surface area contributed by atoms with E-state index in [0.29, 0.717) is 5.56 Å². The molecule has 3 rings (SSSR count). The first-order chi connectivity index (χ1) is 9.61. The van der Waals surface area contributed by atoms with E-state index in [2.05, 4.69) is 23.3 Å². The molecule has 3 N–H and O–H groups in total. The standard InChI is InChI=1S/C15H13N3OS/c1-9-2-7-12-13(8-9)20-15(18-12)17-11-5-3-10(4-6-11)14(16)19/h2-8H,1H3,(H2,16,19)(H,17,18). The second-order valence-corrected chi connectivity index (χ2v) is 5.59. The lowest BCUT2D eigenvalue weighted by atomic mass is 10.2. The smallest absolute Gasteiger partial charge is 0.248 e. The van der Waals surface area contributed by atoms with Crippen molar-refractivity contribution in [3.05, 3.63) is 53.6 Å². The van der Waals surface area contributed by atoms with Gasteiger partial charge in [0, 0.05) is 11.3 Å². The first kappa shape index (κ1) is 12.6. The van der Waals surface area contributed by atoms with Crippen molar-refractivity contribution in [2.24, 2.45) is 5.73 Å². The van der Waals surface area contributed by atoms with Crippen molar-refractivity contribution < 1.29 is 4.79 Å². The van der Waals surface area contributed by atoms with Crippen LogP contribution in [0.2, 0.25) is 0 Å². The van der Waals surface area contributed by atoms with E-state index in [1.807, 2.05) is 24.3 Å². The van der Waals surface area contributed by atoms with Gasteiger partial charge in [-0.05, 0) is 48.9 Å². The maximum absolute atomic E-state index is 11.0. The summed E-state index contributed by atoms with van der Waals surface area (Å²) in [5.74, 6) is -0.424. The fraction of sp³-hybridized carbons (Fsp3) is 0.0667. The van der Waals surface area contributed by atoms with Gasteiger partial charge in [0.25, 0.3) is 0 Å². The molecule has 5 heteroatoms. The molecule has 0 bridgehead atoms. The quantitative estimate of drug-likeness (QED) is 0.773. The summed E-state index contributed by atoms with van der Waals surface area (Å²) in [6.45, 7) is 2.06. The van der Waals surface area contributed by atoms with E-state index >= 15 is 0 Å². The molecule has 0 aliphatic carbocycles. The van der Waals surface area contributed by atoms with Crippen LogP contribution in [0.3, 0.4) is 0 Å². The molecular formula is C15H13N3OS. The van der Waals surface area contributed by atoms with Crippen LogP contribution >= 0.6 is 11.3 Å². The molecule has 4 nitrogen and oxygen atoms in total. The summed E-state index contributed by atoms with van der Waals surface area (Å²) >= 11 is 1.60. The lowest BCUT2D eigenvalue weighted by Crippen LogP contribution is -2.10. The van der Waals surface area contributed by atoms with Crippen molar-refractivity contribution in [3.8, 4) is 0 Å². The SMILES string of the molecule is Cc1ccc2nc(Nc3ccc(C(N)=O)cc3)sc2c1. The molecule has 1 aromatic heterocycles. The predicted octanol–water partition coefficient (Wildman–Crippen LogP) is 3.45. The molecule has 0 aliphatic rings. The highest BCUT2D eigenvalue weighted by molar-refractivity contribution is 7.22. The van der Waals surface area contributed by atoms with Crippen LogP contribution in [0.15, 0.2) is 42.5 Å². The zero-order chi connectivity index (χ0) is 14.1. The number of aryl methyl sites for hydroxylation is 1. The highest BCUT2D eigenvalue weighted by Crippen LogP contribution is 2.28. The maximum atomic E-state index is 11.0. The summed E-state index contributed by atoms with van der Waals surface area (Å²) in [7, 11) is 0. The minimum Gasteiger partial charge on any atom is -0.366 e. The van der Waals surface area contributed by atoms with Gasteiger partial charge in [0.05, 0.1) is 10.2 Å². The first-order valence-electron chi connectivity index (χ1n) is 6.16. The van der Waals surface area contributed by atoms with Gasteiger partial charge in [-0.3, -0.25) is 4.79 Å². The number of benzene rings is 2. The summed E-state index contributed by atoms with van der Waals surface area (Å²) in [6, 6.07) is 13.2. The molecular weight excluding hydrogens is 270 g/mol. The van der Waals surface area contributed by atoms with Gasteiger partial charge in [0.2, 0.25) is 5.91 Å². The molecule has 3 aromatic rings. The van der Waals surface area contributed by atoms with Gasteiger partial charge in [0.1, 0.15) is 0 Å². The summed E-state index contributed by atoms with van der Waals surface area (Å²) in [4.78, 5) is 15.5. The third-order valence-electron chi connectivity index (χ3n) is 2.96. The van der Waals surface area contributed by atoms with E-state index in [1.54, 1.807) is 23.5 Å². The normalized spacial score (nSPS) is 10.7. The Hall–Kier alpha value is -2.40. The number of fused-ring (bicyclic) bond motifs is 1. The minimum atomic E-state index is -0.424. The largest absolute Gasteiger partial charge is 0.366 e. The molecule has 0 aliphatic heterocycles. The van der Waals surface area contributed by atoms with Gasteiger partial charge in [-0.1, -0.05) is 17.4 Å². The number of thiazole rings is 1. The molecule has 0 saturated heterocycles. The van der Waals surface area contributed by atoms with Crippen molar-refractivity contribution in [3.63, 3.8) is 0 Å². The Morgan fingerprint density at radius 1 is 1.20 bits per heavy atom. The monoisotopic (exact) mass is 283 g/mol. The number of nitrogens with zero attached hydrogens (tertiary/aromatic N) is 1. The number of carbonyl (C=O) groups is 1. The van der Waals surface area contributed by atoms with Crippen LogP contribution in [-0.4, -0.2) is 10.9 Å². The zero-order valence-electron chi connectivity index (χ0n) is 10.9. The third kappa shape index (κ3) is 2.48. The lowest BCUT2D eigenvalue weighted by Gasteiger charge is -2.02. The van der Waals surface area contributed by atoms with Crippen LogP contribution in [0.4, 0.5) is 10.8 Å². The Labute approximate surface area is 120 Å². The molecule has 0 atom stereocenters. The van der Waals surface area contributed by atoms with Crippen molar-refractivity contribution in [2.75, 3.05) is 5.32 Å². The Morgan fingerprint density at radius 3 is 2.65 bits per heavy atom. The summed E-state index contributed by atoms with van der Waals surface area (Å²) in [6.07, 6.45) is 0. The highest BCUT2D eigenvalue weighted by atomic mass is 32.1. The second-order valence-electron chi connectivity index (χ2n) is 4.56. The average Bonchev–Trinajstić information content (AvgIpc) is 2.80. The Kier molecular flexibility index (Phi) is 3.12. The topological polar surface area (TPSA) is 68.0 Å². The number of primary amides is 1. The van der Waals surface area contributed by atoms with Crippen LogP contribution in [0.5, 0.6) is 0 Å². The maximum Gasteiger partial charge on any atom is 0.248 e. The van der Waals surface area contributed by atoms with Gasteiger partial charge in [-0.2, -0.15) is 0 Å². The van der Waals surface area contributed by atoms with Crippen LogP contribution in [-0.2, 0) is 0 Å². The fourth-order valence-corrected chi connectivity index (χ4v) is 2.91. The van der Waals surface area contributed by atoms with E-state index in [-0.39, 0.29) is 0 Å². The van der Waals surface area contributed by atoms with Gasteiger partial charge in [0.15, 0.2) is 5.13 Å². The van der Waals surface area contributed by atoms with E-state index < -0.39 is 5.91 Å². The van der Waals surface area contributed by atoms with Crippen molar-refractivity contribution in [1.29, 1.82) is 0 Å². The molecule has 2 aromatic carbocycles. The number of amides is 1. The molecule has 1 heterocycles. The first-order valence-corrected chi connectivity index (χ1v) is 6.97. The van der Waals surface area contributed by atoms with Crippen LogP contribution < -0.4 is 11.1 Å². The molecule has 20 heavy (non-hydrogen) atoms. The zero-order valence-corrected chi connectivity index (χ0v) is 11.7. The summed E-state index contributed by atoms with van der Waals surface area (Å²) in [5, 5.41) is 4.07. The number of carbonyl (C=O) groups excluding carboxylic acids is 1. The number of rotatable bonds is 3. The molecule has 100 valence electrons. The minimum absolute atomic E-state index is 0.424. The third-order valence-corrected chi connectivity index (χ3v) is 3.90. The fourth-order valence-electron chi connectivity index (χ4n) is 1.93. The van der Waals surface area contributed by atoms with Crippen molar-refractivity contribution in [1.82, 2.24) is 4.98 Å². The van der Waals surface area contributed by atoms with Crippen molar-refractivity contribution >= 4 is 38.3 Å². The number of hydrogen-bond donors (Lipinski definition) is 2. The van der Waals surface area contributed by atoms with Gasteiger partial charge < -0.3 is 11.1 Å². The Morgan fingerprint density at radius 2 is 1.95 bits per heavy atom. The van der Waals surface area contributed by atoms with Gasteiger partial charge in [-0.25, -0.2) is 4.98 Å². The molecule has 0 radical (unpaired) electrons. The molecule has 0 fully saturated rings. The van der Waals surface area contributed by atoms with Crippen LogP contribution in [0.1, 0.15) is 15.9 Å². The predicted molar refractivity (Wildman–Crippen MR) is 82.6 cm³/mol. The number of nitrogens with two attached hydrogens (primary N) is 1. The van der Waals surface area contributed by atoms with Crippen LogP contribution in [0.25, 0.3) is 10.2 Å². The van der Waals surface area contributed by atoms with E-state index in [0.717, 1.165) is 21.0 Å². The lowest BCUT2D eigenvalue weighted by molar-refractivity contribution is 0.100. The number of anilines is 2. The number of hydrogen-bond acceptors (Lipinski definition) is 4. The Balaban J connectivity index is 1.87. The Bertz CT molecular complexity index is 777. The molecule has 0 spiro atoms. The van der Waals surface area contributed by atoms with E-state index in [9.17, 15) is 4.79 Å². The highest BCUT2D eigenvalue weighted by Gasteiger charge is 2.05. The van der Waals surface area contributed by atoms with Crippen LogP contribution in [0, 0.1) is 6.92 Å². The van der Waals surface area contributed by atoms with Gasteiger partial charge in [-0.15, -0.1) is 0 Å². The van der Waals surface area contributed by atoms with E-state index in [1.165, 1.54) is 5.56 Å².